The Morgan fingerprint density at radius 3 is 2.71 bits per heavy atom. The molecule has 1 aromatic heterocycles. The summed E-state index contributed by atoms with van der Waals surface area (Å²) < 4.78 is 18.6. The number of nitrogens with two attached hydrogens (primary N) is 1. The maximum atomic E-state index is 13.7. The van der Waals surface area contributed by atoms with Gasteiger partial charge in [-0.1, -0.05) is 11.6 Å². The molecule has 2 N–H and O–H groups in total. The van der Waals surface area contributed by atoms with Crippen molar-refractivity contribution in [3.63, 3.8) is 0 Å². The number of benzene rings is 1. The number of nitrogens with zero attached hydrogens (tertiary/aromatic N) is 1. The Kier molecular flexibility index (Phi) is 3.15. The van der Waals surface area contributed by atoms with Crippen LogP contribution in [0.1, 0.15) is 0 Å². The lowest BCUT2D eigenvalue weighted by atomic mass is 10.1. The van der Waals surface area contributed by atoms with Crippen LogP contribution in [-0.2, 0) is 0 Å². The highest BCUT2D eigenvalue weighted by atomic mass is 35.5. The zero-order valence-corrected chi connectivity index (χ0v) is 9.83. The number of halogens is 2. The van der Waals surface area contributed by atoms with E-state index in [1.165, 1.54) is 19.4 Å². The molecule has 0 aliphatic carbocycles. The Labute approximate surface area is 103 Å². The van der Waals surface area contributed by atoms with Crippen molar-refractivity contribution in [2.45, 2.75) is 0 Å². The first kappa shape index (κ1) is 11.7. The van der Waals surface area contributed by atoms with Crippen LogP contribution < -0.4 is 10.5 Å². The average Bonchev–Trinajstić information content (AvgIpc) is 2.29. The van der Waals surface area contributed by atoms with Crippen molar-refractivity contribution in [1.82, 2.24) is 4.98 Å². The summed E-state index contributed by atoms with van der Waals surface area (Å²) in [5, 5.41) is 0.340. The molecule has 0 spiro atoms. The molecule has 1 heterocycles. The number of pyridine rings is 1. The van der Waals surface area contributed by atoms with Gasteiger partial charge in [-0.3, -0.25) is 4.98 Å². The zero-order chi connectivity index (χ0) is 12.4. The molecule has 0 amide bonds. The normalized spacial score (nSPS) is 10.3. The quantitative estimate of drug-likeness (QED) is 0.893. The van der Waals surface area contributed by atoms with Crippen molar-refractivity contribution in [3.05, 3.63) is 41.3 Å². The van der Waals surface area contributed by atoms with Crippen LogP contribution in [0.15, 0.2) is 30.5 Å². The van der Waals surface area contributed by atoms with Crippen molar-refractivity contribution in [2.75, 3.05) is 12.8 Å². The number of anilines is 1. The molecule has 0 saturated carbocycles. The molecule has 2 rings (SSSR count). The second-order valence-electron chi connectivity index (χ2n) is 3.44. The fraction of sp³-hybridized carbons (Fsp3) is 0.0833. The van der Waals surface area contributed by atoms with Crippen molar-refractivity contribution >= 4 is 17.3 Å². The highest BCUT2D eigenvalue weighted by Crippen LogP contribution is 2.28. The maximum Gasteiger partial charge on any atom is 0.160 e. The van der Waals surface area contributed by atoms with E-state index in [1.54, 1.807) is 18.2 Å². The van der Waals surface area contributed by atoms with Gasteiger partial charge in [0.2, 0.25) is 0 Å². The molecule has 0 fully saturated rings. The maximum absolute atomic E-state index is 13.7. The number of hydrogen-bond donors (Lipinski definition) is 1. The van der Waals surface area contributed by atoms with Crippen LogP contribution in [0.5, 0.6) is 5.75 Å². The number of hydrogen-bond acceptors (Lipinski definition) is 3. The van der Waals surface area contributed by atoms with Crippen LogP contribution in [-0.4, -0.2) is 12.1 Å². The molecule has 0 bridgehead atoms. The standard InChI is InChI=1S/C12H10ClFN2O/c1-17-12-6-16-11(5-10(12)15)8-3-2-7(13)4-9(8)14/h2-6H,1H3,(H2,15,16). The Balaban J connectivity index is 2.50. The van der Waals surface area contributed by atoms with Crippen LogP contribution in [0.25, 0.3) is 11.3 Å². The second kappa shape index (κ2) is 4.59. The van der Waals surface area contributed by atoms with Crippen LogP contribution in [0.4, 0.5) is 10.1 Å². The van der Waals surface area contributed by atoms with Gasteiger partial charge < -0.3 is 10.5 Å². The van der Waals surface area contributed by atoms with Crippen molar-refractivity contribution in [3.8, 4) is 17.0 Å². The number of aromatic nitrogens is 1. The molecule has 1 aromatic carbocycles. The van der Waals surface area contributed by atoms with E-state index in [4.69, 9.17) is 22.1 Å². The topological polar surface area (TPSA) is 48.1 Å². The highest BCUT2D eigenvalue weighted by molar-refractivity contribution is 6.30. The van der Waals surface area contributed by atoms with Crippen LogP contribution in [0, 0.1) is 5.82 Å². The molecule has 0 aliphatic heterocycles. The summed E-state index contributed by atoms with van der Waals surface area (Å²) in [6.07, 6.45) is 1.46. The minimum Gasteiger partial charge on any atom is -0.493 e. The molecule has 3 nitrogen and oxygen atoms in total. The van der Waals surface area contributed by atoms with E-state index in [1.807, 2.05) is 0 Å². The van der Waals surface area contributed by atoms with E-state index in [-0.39, 0.29) is 0 Å². The molecule has 88 valence electrons. The van der Waals surface area contributed by atoms with Crippen LogP contribution >= 0.6 is 11.6 Å². The molecule has 0 saturated heterocycles. The molecule has 5 heteroatoms. The fourth-order valence-electron chi connectivity index (χ4n) is 1.47. The smallest absolute Gasteiger partial charge is 0.160 e. The van der Waals surface area contributed by atoms with Crippen molar-refractivity contribution in [1.29, 1.82) is 0 Å². The lowest BCUT2D eigenvalue weighted by Gasteiger charge is -2.07. The Morgan fingerprint density at radius 2 is 2.12 bits per heavy atom. The third-order valence-electron chi connectivity index (χ3n) is 2.32. The summed E-state index contributed by atoms with van der Waals surface area (Å²) in [4.78, 5) is 4.08. The van der Waals surface area contributed by atoms with Gasteiger partial charge in [-0.05, 0) is 24.3 Å². The summed E-state index contributed by atoms with van der Waals surface area (Å²) in [5.74, 6) is 0.0256. The summed E-state index contributed by atoms with van der Waals surface area (Å²) in [6, 6.07) is 5.96. The SMILES string of the molecule is COc1cnc(-c2ccc(Cl)cc2F)cc1N. The first-order chi connectivity index (χ1) is 8.11. The van der Waals surface area contributed by atoms with E-state index >= 15 is 0 Å². The summed E-state index contributed by atoms with van der Waals surface area (Å²) >= 11 is 5.68. The average molecular weight is 253 g/mol. The van der Waals surface area contributed by atoms with Crippen molar-refractivity contribution in [2.24, 2.45) is 0 Å². The van der Waals surface area contributed by atoms with Crippen molar-refractivity contribution < 1.29 is 9.13 Å². The molecule has 0 radical (unpaired) electrons. The Hall–Kier alpha value is -1.81. The summed E-state index contributed by atoms with van der Waals surface area (Å²) in [7, 11) is 1.50. The van der Waals surface area contributed by atoms with Gasteiger partial charge >= 0.3 is 0 Å². The van der Waals surface area contributed by atoms with Gasteiger partial charge in [-0.25, -0.2) is 4.39 Å². The minimum atomic E-state index is -0.436. The van der Waals surface area contributed by atoms with E-state index < -0.39 is 5.82 Å². The van der Waals surface area contributed by atoms with Gasteiger partial charge in [-0.2, -0.15) is 0 Å². The van der Waals surface area contributed by atoms with E-state index in [9.17, 15) is 4.39 Å². The molecule has 17 heavy (non-hydrogen) atoms. The predicted octanol–water partition coefficient (Wildman–Crippen LogP) is 3.13. The fourth-order valence-corrected chi connectivity index (χ4v) is 1.63. The molecular formula is C12H10ClFN2O. The number of nitrogen functional groups attached to an aromatic ring is 1. The monoisotopic (exact) mass is 252 g/mol. The third-order valence-corrected chi connectivity index (χ3v) is 2.56. The van der Waals surface area contributed by atoms with E-state index in [2.05, 4.69) is 4.98 Å². The number of methoxy groups -OCH3 is 1. The minimum absolute atomic E-state index is 0.340. The molecule has 0 unspecified atom stereocenters. The van der Waals surface area contributed by atoms with Crippen LogP contribution in [0.2, 0.25) is 5.02 Å². The number of ether oxygens (including phenoxy) is 1. The predicted molar refractivity (Wildman–Crippen MR) is 65.6 cm³/mol. The lowest BCUT2D eigenvalue weighted by Crippen LogP contribution is -1.95. The van der Waals surface area contributed by atoms with Gasteiger partial charge in [-0.15, -0.1) is 0 Å². The summed E-state index contributed by atoms with van der Waals surface area (Å²) in [6.45, 7) is 0. The third kappa shape index (κ3) is 2.31. The van der Waals surface area contributed by atoms with Gasteiger partial charge in [0.25, 0.3) is 0 Å². The molecule has 0 atom stereocenters. The molecule has 2 aromatic rings. The van der Waals surface area contributed by atoms with Gasteiger partial charge in [0, 0.05) is 10.6 Å². The second-order valence-corrected chi connectivity index (χ2v) is 3.87. The highest BCUT2D eigenvalue weighted by Gasteiger charge is 2.09. The van der Waals surface area contributed by atoms with E-state index in [0.29, 0.717) is 27.7 Å². The molecule has 0 aliphatic rings. The molecular weight excluding hydrogens is 243 g/mol. The first-order valence-corrected chi connectivity index (χ1v) is 5.24. The zero-order valence-electron chi connectivity index (χ0n) is 9.08. The van der Waals surface area contributed by atoms with Gasteiger partial charge in [0.05, 0.1) is 24.7 Å². The first-order valence-electron chi connectivity index (χ1n) is 4.86. The van der Waals surface area contributed by atoms with Gasteiger partial charge in [0.15, 0.2) is 5.75 Å². The number of rotatable bonds is 2. The Morgan fingerprint density at radius 1 is 1.35 bits per heavy atom. The van der Waals surface area contributed by atoms with Crippen LogP contribution in [0.3, 0.4) is 0 Å². The van der Waals surface area contributed by atoms with Gasteiger partial charge in [0.1, 0.15) is 5.82 Å². The lowest BCUT2D eigenvalue weighted by molar-refractivity contribution is 0.415. The Bertz CT molecular complexity index is 560. The summed E-state index contributed by atoms with van der Waals surface area (Å²) in [5.41, 5.74) is 6.94. The van der Waals surface area contributed by atoms with E-state index in [0.717, 1.165) is 0 Å². The largest absolute Gasteiger partial charge is 0.493 e.